The number of hydrogen-bond donors (Lipinski definition) is 1. The van der Waals surface area contributed by atoms with Gasteiger partial charge in [0.05, 0.1) is 12.5 Å². The van der Waals surface area contributed by atoms with Gasteiger partial charge in [-0.3, -0.25) is 9.64 Å². The lowest BCUT2D eigenvalue weighted by molar-refractivity contribution is -0.145. The molecule has 0 radical (unpaired) electrons. The third kappa shape index (κ3) is 4.30. The maximum atomic E-state index is 11.8. The first-order valence-electron chi connectivity index (χ1n) is 7.57. The molecule has 0 aliphatic carbocycles. The number of carbonyl (C=O) groups excluding carboxylic acids is 1. The van der Waals surface area contributed by atoms with Crippen LogP contribution in [-0.2, 0) is 16.0 Å². The van der Waals surface area contributed by atoms with E-state index in [-0.39, 0.29) is 24.1 Å². The van der Waals surface area contributed by atoms with Crippen LogP contribution in [0.3, 0.4) is 0 Å². The maximum Gasteiger partial charge on any atom is 0.323 e. The SMILES string of the molecule is [C-]#[N+]C1N[C@H](C(=O)OCC)C[C@H]1CCCc1ccccc1. The fraction of sp³-hybridized carbons (Fsp3) is 0.529. The van der Waals surface area contributed by atoms with Crippen molar-refractivity contribution in [1.29, 1.82) is 0 Å². The van der Waals surface area contributed by atoms with Crippen molar-refractivity contribution in [1.82, 2.24) is 5.32 Å². The standard InChI is InChI=1S/C17H22N2O2/c1-3-21-17(20)15-12-14(16(18-2)19-15)11-7-10-13-8-5-4-6-9-13/h4-6,8-9,14-16,19H,3,7,10-12H2,1H3/t14-,15+,16?/m1/s1. The third-order valence-corrected chi connectivity index (χ3v) is 3.95. The molecule has 0 bridgehead atoms. The molecule has 1 aliphatic heterocycles. The zero-order valence-corrected chi connectivity index (χ0v) is 12.4. The molecule has 4 heteroatoms. The van der Waals surface area contributed by atoms with Gasteiger partial charge in [0.1, 0.15) is 6.04 Å². The second-order valence-electron chi connectivity index (χ2n) is 5.42. The monoisotopic (exact) mass is 286 g/mol. The predicted molar refractivity (Wildman–Crippen MR) is 81.4 cm³/mol. The summed E-state index contributed by atoms with van der Waals surface area (Å²) in [5.74, 6) is 0.0114. The number of carbonyl (C=O) groups is 1. The second-order valence-corrected chi connectivity index (χ2v) is 5.42. The van der Waals surface area contributed by atoms with Crippen molar-refractivity contribution >= 4 is 5.97 Å². The minimum atomic E-state index is -0.314. The molecule has 4 nitrogen and oxygen atoms in total. The van der Waals surface area contributed by atoms with Gasteiger partial charge in [-0.1, -0.05) is 30.3 Å². The van der Waals surface area contributed by atoms with Gasteiger partial charge in [0, 0.05) is 0 Å². The normalized spacial score (nSPS) is 24.5. The molecule has 0 amide bonds. The molecule has 1 aromatic rings. The van der Waals surface area contributed by atoms with Crippen LogP contribution in [0.15, 0.2) is 30.3 Å². The third-order valence-electron chi connectivity index (χ3n) is 3.95. The molecule has 1 unspecified atom stereocenters. The first-order chi connectivity index (χ1) is 10.2. The Hall–Kier alpha value is -1.86. The number of esters is 1. The van der Waals surface area contributed by atoms with Gasteiger partial charge in [-0.15, -0.1) is 0 Å². The highest BCUT2D eigenvalue weighted by molar-refractivity contribution is 5.76. The molecule has 1 N–H and O–H groups in total. The molecule has 112 valence electrons. The number of aryl methyl sites for hydroxylation is 1. The fourth-order valence-corrected chi connectivity index (χ4v) is 2.88. The molecule has 21 heavy (non-hydrogen) atoms. The van der Waals surface area contributed by atoms with Crippen molar-refractivity contribution in [2.45, 2.75) is 44.8 Å². The van der Waals surface area contributed by atoms with Gasteiger partial charge in [0.2, 0.25) is 0 Å². The van der Waals surface area contributed by atoms with Crippen LogP contribution in [0.4, 0.5) is 0 Å². The molecule has 1 aromatic carbocycles. The van der Waals surface area contributed by atoms with E-state index in [1.807, 2.05) is 18.2 Å². The van der Waals surface area contributed by atoms with E-state index in [1.165, 1.54) is 5.56 Å². The van der Waals surface area contributed by atoms with Crippen LogP contribution < -0.4 is 5.32 Å². The van der Waals surface area contributed by atoms with Crippen molar-refractivity contribution in [3.05, 3.63) is 47.3 Å². The van der Waals surface area contributed by atoms with Crippen LogP contribution in [0, 0.1) is 12.5 Å². The summed E-state index contributed by atoms with van der Waals surface area (Å²) in [4.78, 5) is 15.4. The summed E-state index contributed by atoms with van der Waals surface area (Å²) in [7, 11) is 0. The molecule has 1 fully saturated rings. The largest absolute Gasteiger partial charge is 0.465 e. The highest BCUT2D eigenvalue weighted by Crippen LogP contribution is 2.27. The minimum Gasteiger partial charge on any atom is -0.465 e. The second kappa shape index (κ2) is 7.80. The van der Waals surface area contributed by atoms with Crippen molar-refractivity contribution in [3.63, 3.8) is 0 Å². The zero-order chi connectivity index (χ0) is 15.1. The van der Waals surface area contributed by atoms with Gasteiger partial charge >= 0.3 is 5.97 Å². The van der Waals surface area contributed by atoms with Crippen molar-refractivity contribution in [2.75, 3.05) is 6.61 Å². The highest BCUT2D eigenvalue weighted by Gasteiger charge is 2.41. The van der Waals surface area contributed by atoms with Crippen LogP contribution in [-0.4, -0.2) is 24.8 Å². The molecule has 3 atom stereocenters. The summed E-state index contributed by atoms with van der Waals surface area (Å²) in [5.41, 5.74) is 1.32. The molecule has 2 rings (SSSR count). The van der Waals surface area contributed by atoms with E-state index >= 15 is 0 Å². The Kier molecular flexibility index (Phi) is 5.77. The molecule has 0 spiro atoms. The Morgan fingerprint density at radius 1 is 1.43 bits per heavy atom. The quantitative estimate of drug-likeness (QED) is 0.646. The summed E-state index contributed by atoms with van der Waals surface area (Å²) in [6.45, 7) is 9.46. The Morgan fingerprint density at radius 3 is 2.86 bits per heavy atom. The maximum absolute atomic E-state index is 11.8. The van der Waals surface area contributed by atoms with Crippen LogP contribution in [0.2, 0.25) is 0 Å². The fourth-order valence-electron chi connectivity index (χ4n) is 2.88. The number of nitrogens with one attached hydrogen (secondary N) is 1. The first-order valence-corrected chi connectivity index (χ1v) is 7.57. The summed E-state index contributed by atoms with van der Waals surface area (Å²) < 4.78 is 5.04. The van der Waals surface area contributed by atoms with E-state index in [1.54, 1.807) is 6.92 Å². The van der Waals surface area contributed by atoms with Gasteiger partial charge in [-0.2, -0.15) is 0 Å². The highest BCUT2D eigenvalue weighted by atomic mass is 16.5. The predicted octanol–water partition coefficient (Wildman–Crippen LogP) is 2.80. The Balaban J connectivity index is 1.82. The number of hydrogen-bond acceptors (Lipinski definition) is 3. The van der Waals surface area contributed by atoms with Gasteiger partial charge in [0.15, 0.2) is 0 Å². The van der Waals surface area contributed by atoms with Crippen molar-refractivity contribution in [2.24, 2.45) is 5.92 Å². The summed E-state index contributed by atoms with van der Waals surface area (Å²) >= 11 is 0. The van der Waals surface area contributed by atoms with Crippen LogP contribution in [0.25, 0.3) is 4.85 Å². The Bertz CT molecular complexity index is 495. The Labute approximate surface area is 126 Å². The molecular weight excluding hydrogens is 264 g/mol. The zero-order valence-electron chi connectivity index (χ0n) is 12.4. The molecule has 0 aromatic heterocycles. The smallest absolute Gasteiger partial charge is 0.323 e. The van der Waals surface area contributed by atoms with Crippen LogP contribution in [0.1, 0.15) is 31.7 Å². The van der Waals surface area contributed by atoms with Gasteiger partial charge < -0.3 is 4.74 Å². The Morgan fingerprint density at radius 2 is 2.19 bits per heavy atom. The number of benzene rings is 1. The topological polar surface area (TPSA) is 42.7 Å². The summed E-state index contributed by atoms with van der Waals surface area (Å²) in [6.07, 6.45) is 3.48. The van der Waals surface area contributed by atoms with Crippen LogP contribution >= 0.6 is 0 Å². The van der Waals surface area contributed by atoms with Crippen molar-refractivity contribution in [3.8, 4) is 0 Å². The summed E-state index contributed by atoms with van der Waals surface area (Å²) in [6, 6.07) is 10.0. The van der Waals surface area contributed by atoms with E-state index in [2.05, 4.69) is 22.3 Å². The van der Waals surface area contributed by atoms with E-state index in [0.717, 1.165) is 19.3 Å². The van der Waals surface area contributed by atoms with E-state index < -0.39 is 0 Å². The van der Waals surface area contributed by atoms with Crippen molar-refractivity contribution < 1.29 is 9.53 Å². The molecular formula is C17H22N2O2. The lowest BCUT2D eigenvalue weighted by Crippen LogP contribution is -2.35. The van der Waals surface area contributed by atoms with E-state index in [0.29, 0.717) is 13.0 Å². The van der Waals surface area contributed by atoms with E-state index in [9.17, 15) is 4.79 Å². The molecule has 1 saturated heterocycles. The van der Waals surface area contributed by atoms with Crippen LogP contribution in [0.5, 0.6) is 0 Å². The first kappa shape index (κ1) is 15.5. The van der Waals surface area contributed by atoms with Gasteiger partial charge in [0.25, 0.3) is 6.17 Å². The average molecular weight is 286 g/mol. The lowest BCUT2D eigenvalue weighted by atomic mass is 9.95. The minimum absolute atomic E-state index is 0.225. The molecule has 1 heterocycles. The number of nitrogens with zero attached hydrogens (tertiary/aromatic N) is 1. The average Bonchev–Trinajstić information content (AvgIpc) is 2.92. The number of rotatable bonds is 6. The number of ether oxygens (including phenoxy) is 1. The molecule has 0 saturated carbocycles. The van der Waals surface area contributed by atoms with Gasteiger partial charge in [-0.05, 0) is 38.2 Å². The summed E-state index contributed by atoms with van der Waals surface area (Å²) in [5, 5.41) is 3.10. The lowest BCUT2D eigenvalue weighted by Gasteiger charge is -2.09. The van der Waals surface area contributed by atoms with E-state index in [4.69, 9.17) is 11.3 Å². The molecule has 1 aliphatic rings. The van der Waals surface area contributed by atoms with Gasteiger partial charge in [-0.25, -0.2) is 11.9 Å².